The lowest BCUT2D eigenvalue weighted by molar-refractivity contribution is -0.140. The molecule has 88 valence electrons. The van der Waals surface area contributed by atoms with Gasteiger partial charge < -0.3 is 15.2 Å². The van der Waals surface area contributed by atoms with Crippen LogP contribution in [0, 0.1) is 0 Å². The molecule has 0 aliphatic heterocycles. The third kappa shape index (κ3) is 9.55. The van der Waals surface area contributed by atoms with Gasteiger partial charge in [0.15, 0.2) is 0 Å². The van der Waals surface area contributed by atoms with E-state index in [2.05, 4.69) is 10.1 Å². The summed E-state index contributed by atoms with van der Waals surface area (Å²) in [6, 6.07) is 0. The molecule has 0 aromatic rings. The van der Waals surface area contributed by atoms with Crippen LogP contribution in [0.1, 0.15) is 12.8 Å². The zero-order valence-electron chi connectivity index (χ0n) is 8.82. The number of carbonyl (C=O) groups excluding carboxylic acids is 2. The van der Waals surface area contributed by atoms with Crippen LogP contribution in [-0.4, -0.2) is 48.8 Å². The van der Waals surface area contributed by atoms with Crippen LogP contribution in [0.25, 0.3) is 0 Å². The van der Waals surface area contributed by atoms with Crippen molar-refractivity contribution in [2.24, 2.45) is 0 Å². The maximum absolute atomic E-state index is 11.1. The molecule has 0 radical (unpaired) electrons. The molecule has 0 aromatic carbocycles. The zero-order valence-corrected chi connectivity index (χ0v) is 9.64. The van der Waals surface area contributed by atoms with Crippen LogP contribution < -0.4 is 5.32 Å². The standard InChI is InChI=1S/C9H17NO4S/c1-14-9(13)3-2-4-10-8(12)7-15-6-5-11/h11H,2-7H2,1H3,(H,10,12). The number of aliphatic hydroxyl groups excluding tert-OH is 1. The fraction of sp³-hybridized carbons (Fsp3) is 0.778. The van der Waals surface area contributed by atoms with Crippen molar-refractivity contribution < 1.29 is 19.4 Å². The predicted octanol–water partition coefficient (Wildman–Crippen LogP) is -0.219. The van der Waals surface area contributed by atoms with Crippen molar-refractivity contribution >= 4 is 23.6 Å². The van der Waals surface area contributed by atoms with Crippen LogP contribution in [-0.2, 0) is 14.3 Å². The molecule has 0 atom stereocenters. The van der Waals surface area contributed by atoms with E-state index in [-0.39, 0.29) is 18.5 Å². The Balaban J connectivity index is 3.27. The normalized spacial score (nSPS) is 9.73. The maximum atomic E-state index is 11.1. The lowest BCUT2D eigenvalue weighted by Crippen LogP contribution is -2.26. The van der Waals surface area contributed by atoms with Gasteiger partial charge in [-0.3, -0.25) is 9.59 Å². The minimum Gasteiger partial charge on any atom is -0.469 e. The van der Waals surface area contributed by atoms with Gasteiger partial charge >= 0.3 is 5.97 Å². The first-order valence-corrected chi connectivity index (χ1v) is 5.88. The summed E-state index contributed by atoms with van der Waals surface area (Å²) < 4.78 is 4.45. The first-order valence-electron chi connectivity index (χ1n) is 4.72. The number of methoxy groups -OCH3 is 1. The van der Waals surface area contributed by atoms with E-state index in [1.165, 1.54) is 18.9 Å². The van der Waals surface area contributed by atoms with Gasteiger partial charge in [-0.2, -0.15) is 0 Å². The van der Waals surface area contributed by atoms with E-state index >= 15 is 0 Å². The molecule has 0 bridgehead atoms. The van der Waals surface area contributed by atoms with Crippen LogP contribution in [0.2, 0.25) is 0 Å². The largest absolute Gasteiger partial charge is 0.469 e. The third-order valence-electron chi connectivity index (χ3n) is 1.58. The molecule has 6 heteroatoms. The molecule has 0 rings (SSSR count). The number of nitrogens with one attached hydrogen (secondary N) is 1. The summed E-state index contributed by atoms with van der Waals surface area (Å²) in [6.45, 7) is 0.563. The Labute approximate surface area is 93.6 Å². The number of aliphatic hydroxyl groups is 1. The minimum absolute atomic E-state index is 0.0710. The van der Waals surface area contributed by atoms with Gasteiger partial charge in [0.05, 0.1) is 19.5 Å². The Hall–Kier alpha value is -0.750. The van der Waals surface area contributed by atoms with Crippen molar-refractivity contribution in [3.05, 3.63) is 0 Å². The molecular weight excluding hydrogens is 218 g/mol. The van der Waals surface area contributed by atoms with E-state index in [4.69, 9.17) is 5.11 Å². The molecule has 0 spiro atoms. The summed E-state index contributed by atoms with van der Waals surface area (Å²) in [7, 11) is 1.34. The minimum atomic E-state index is -0.265. The highest BCUT2D eigenvalue weighted by molar-refractivity contribution is 7.99. The molecule has 0 unspecified atom stereocenters. The van der Waals surface area contributed by atoms with E-state index in [1.54, 1.807) is 0 Å². The Morgan fingerprint density at radius 1 is 1.47 bits per heavy atom. The van der Waals surface area contributed by atoms with Gasteiger partial charge in [-0.15, -0.1) is 11.8 Å². The van der Waals surface area contributed by atoms with E-state index < -0.39 is 0 Å². The Morgan fingerprint density at radius 3 is 2.80 bits per heavy atom. The summed E-state index contributed by atoms with van der Waals surface area (Å²) in [5, 5.41) is 11.1. The molecule has 0 heterocycles. The highest BCUT2D eigenvalue weighted by Crippen LogP contribution is 1.97. The number of rotatable bonds is 8. The fourth-order valence-electron chi connectivity index (χ4n) is 0.843. The van der Waals surface area contributed by atoms with Crippen molar-refractivity contribution in [2.45, 2.75) is 12.8 Å². The highest BCUT2D eigenvalue weighted by Gasteiger charge is 2.02. The highest BCUT2D eigenvalue weighted by atomic mass is 32.2. The van der Waals surface area contributed by atoms with E-state index in [0.717, 1.165) is 0 Å². The van der Waals surface area contributed by atoms with Crippen LogP contribution in [0.5, 0.6) is 0 Å². The second-order valence-electron chi connectivity index (χ2n) is 2.81. The summed E-state index contributed by atoms with van der Waals surface area (Å²) in [5.41, 5.74) is 0. The second kappa shape index (κ2) is 9.79. The number of esters is 1. The molecule has 0 fully saturated rings. The monoisotopic (exact) mass is 235 g/mol. The van der Waals surface area contributed by atoms with Crippen LogP contribution >= 0.6 is 11.8 Å². The van der Waals surface area contributed by atoms with E-state index in [1.807, 2.05) is 0 Å². The fourth-order valence-corrected chi connectivity index (χ4v) is 1.40. The zero-order chi connectivity index (χ0) is 11.5. The number of hydrogen-bond acceptors (Lipinski definition) is 5. The van der Waals surface area contributed by atoms with Crippen LogP contribution in [0.3, 0.4) is 0 Å². The van der Waals surface area contributed by atoms with E-state index in [9.17, 15) is 9.59 Å². The van der Waals surface area contributed by atoms with Gasteiger partial charge in [-0.1, -0.05) is 0 Å². The number of amides is 1. The summed E-state index contributed by atoms with van der Waals surface area (Å²) in [5.74, 6) is 0.575. The molecule has 0 saturated carbocycles. The molecule has 15 heavy (non-hydrogen) atoms. The van der Waals surface area contributed by atoms with Crippen molar-refractivity contribution in [1.29, 1.82) is 0 Å². The average Bonchev–Trinajstić information content (AvgIpc) is 2.24. The second-order valence-corrected chi connectivity index (χ2v) is 3.91. The molecular formula is C9H17NO4S. The van der Waals surface area contributed by atoms with Crippen LogP contribution in [0.4, 0.5) is 0 Å². The van der Waals surface area contributed by atoms with Gasteiger partial charge in [0.25, 0.3) is 0 Å². The van der Waals surface area contributed by atoms with Crippen molar-refractivity contribution in [1.82, 2.24) is 5.32 Å². The summed E-state index contributed by atoms with van der Waals surface area (Å²) in [4.78, 5) is 21.8. The van der Waals surface area contributed by atoms with Crippen molar-refractivity contribution in [3.63, 3.8) is 0 Å². The quantitative estimate of drug-likeness (QED) is 0.449. The van der Waals surface area contributed by atoms with E-state index in [0.29, 0.717) is 30.9 Å². The van der Waals surface area contributed by atoms with Gasteiger partial charge in [0.1, 0.15) is 0 Å². The molecule has 0 aliphatic carbocycles. The van der Waals surface area contributed by atoms with Crippen molar-refractivity contribution in [2.75, 3.05) is 31.8 Å². The number of thioether (sulfide) groups is 1. The topological polar surface area (TPSA) is 75.6 Å². The van der Waals surface area contributed by atoms with Gasteiger partial charge in [-0.25, -0.2) is 0 Å². The maximum Gasteiger partial charge on any atom is 0.305 e. The Kier molecular flexibility index (Phi) is 9.30. The summed E-state index contributed by atoms with van der Waals surface area (Å²) >= 11 is 1.38. The smallest absolute Gasteiger partial charge is 0.305 e. The lowest BCUT2D eigenvalue weighted by atomic mass is 10.3. The Morgan fingerprint density at radius 2 is 2.20 bits per heavy atom. The molecule has 2 N–H and O–H groups in total. The number of carbonyl (C=O) groups is 2. The van der Waals surface area contributed by atoms with Crippen molar-refractivity contribution in [3.8, 4) is 0 Å². The average molecular weight is 235 g/mol. The first-order chi connectivity index (χ1) is 7.20. The Bertz CT molecular complexity index is 199. The number of hydrogen-bond donors (Lipinski definition) is 2. The number of ether oxygens (including phenoxy) is 1. The molecule has 1 amide bonds. The molecule has 0 saturated heterocycles. The predicted molar refractivity (Wildman–Crippen MR) is 58.7 cm³/mol. The third-order valence-corrected chi connectivity index (χ3v) is 2.51. The molecule has 0 aromatic heterocycles. The van der Waals surface area contributed by atoms with Gasteiger partial charge in [0, 0.05) is 18.7 Å². The van der Waals surface area contributed by atoms with Gasteiger partial charge in [-0.05, 0) is 6.42 Å². The first kappa shape index (κ1) is 14.2. The lowest BCUT2D eigenvalue weighted by Gasteiger charge is -2.03. The van der Waals surface area contributed by atoms with Gasteiger partial charge in [0.2, 0.25) is 5.91 Å². The summed E-state index contributed by atoms with van der Waals surface area (Å²) in [6.07, 6.45) is 0.906. The molecule has 0 aliphatic rings. The molecule has 5 nitrogen and oxygen atoms in total. The SMILES string of the molecule is COC(=O)CCCNC(=O)CSCCO. The van der Waals surface area contributed by atoms with Crippen LogP contribution in [0.15, 0.2) is 0 Å².